The Labute approximate surface area is 153 Å². The summed E-state index contributed by atoms with van der Waals surface area (Å²) in [5.41, 5.74) is 3.43. The maximum Gasteiger partial charge on any atom is 0.278 e. The molecule has 1 aromatic carbocycles. The Bertz CT molecular complexity index is 1020. The van der Waals surface area contributed by atoms with Crippen molar-refractivity contribution < 1.29 is 4.79 Å². The number of aromatic amines is 1. The fraction of sp³-hybridized carbons (Fsp3) is 0.111. The molecule has 1 amide bonds. The van der Waals surface area contributed by atoms with Crippen molar-refractivity contribution >= 4 is 23.2 Å². The molecule has 3 aromatic heterocycles. The Hall–Kier alpha value is -3.26. The van der Waals surface area contributed by atoms with E-state index in [0.717, 1.165) is 16.1 Å². The van der Waals surface area contributed by atoms with Crippen molar-refractivity contribution in [3.8, 4) is 10.6 Å². The van der Waals surface area contributed by atoms with Gasteiger partial charge >= 0.3 is 0 Å². The molecule has 4 rings (SSSR count). The van der Waals surface area contributed by atoms with Gasteiger partial charge in [0.1, 0.15) is 6.33 Å². The van der Waals surface area contributed by atoms with Crippen molar-refractivity contribution in [3.05, 3.63) is 71.0 Å². The summed E-state index contributed by atoms with van der Waals surface area (Å²) in [6.07, 6.45) is 1.59. The molecule has 4 aromatic rings. The topological polar surface area (TPSA) is 88.5 Å². The number of hydrogen-bond donors (Lipinski definition) is 2. The molecule has 2 N–H and O–H groups in total. The molecular formula is C18H16N6OS. The fourth-order valence-corrected chi connectivity index (χ4v) is 3.16. The normalized spacial score (nSPS) is 10.8. The van der Waals surface area contributed by atoms with Gasteiger partial charge in [-0.05, 0) is 30.0 Å². The van der Waals surface area contributed by atoms with E-state index >= 15 is 0 Å². The zero-order valence-corrected chi connectivity index (χ0v) is 14.8. The van der Waals surface area contributed by atoms with Crippen LogP contribution in [0.15, 0.2) is 54.2 Å². The Balaban J connectivity index is 1.42. The van der Waals surface area contributed by atoms with E-state index in [1.165, 1.54) is 5.56 Å². The Morgan fingerprint density at radius 2 is 2.12 bits per heavy atom. The smallest absolute Gasteiger partial charge is 0.278 e. The fourth-order valence-electron chi connectivity index (χ4n) is 2.47. The highest BCUT2D eigenvalue weighted by Gasteiger charge is 2.14. The van der Waals surface area contributed by atoms with Crippen LogP contribution in [-0.2, 0) is 6.54 Å². The largest absolute Gasteiger partial charge is 0.288 e. The second-order valence-electron chi connectivity index (χ2n) is 5.85. The van der Waals surface area contributed by atoms with Crippen LogP contribution in [0, 0.1) is 6.92 Å². The van der Waals surface area contributed by atoms with Crippen LogP contribution in [0.3, 0.4) is 0 Å². The van der Waals surface area contributed by atoms with Gasteiger partial charge in [0.15, 0.2) is 5.69 Å². The van der Waals surface area contributed by atoms with Crippen molar-refractivity contribution in [3.63, 3.8) is 0 Å². The number of carbonyl (C=O) groups excluding carboxylic acids is 1. The Kier molecular flexibility index (Phi) is 4.32. The van der Waals surface area contributed by atoms with Crippen LogP contribution >= 0.6 is 11.3 Å². The highest BCUT2D eigenvalue weighted by Crippen LogP contribution is 2.23. The molecular weight excluding hydrogens is 348 g/mol. The predicted octanol–water partition coefficient (Wildman–Crippen LogP) is 3.34. The molecule has 7 nitrogen and oxygen atoms in total. The molecule has 130 valence electrons. The van der Waals surface area contributed by atoms with Gasteiger partial charge in [0.05, 0.1) is 17.1 Å². The van der Waals surface area contributed by atoms with E-state index in [4.69, 9.17) is 0 Å². The first-order valence-electron chi connectivity index (χ1n) is 8.03. The summed E-state index contributed by atoms with van der Waals surface area (Å²) in [6.45, 7) is 2.64. The molecule has 8 heteroatoms. The molecule has 0 atom stereocenters. The minimum Gasteiger partial charge on any atom is -0.288 e. The number of nitrogens with zero attached hydrogens (tertiary/aromatic N) is 4. The standard InChI is InChI=1S/C18H16N6OS/c1-12-4-6-13(7-5-12)10-24-11-19-18(23-24)20-17(25)15-9-14(21-22-15)16-3-2-8-26-16/h2-9,11H,10H2,1H3,(H,21,22)(H,20,23,25). The molecule has 0 spiro atoms. The van der Waals surface area contributed by atoms with Crippen LogP contribution in [0.5, 0.6) is 0 Å². The number of aryl methyl sites for hydroxylation is 1. The number of nitrogens with one attached hydrogen (secondary N) is 2. The number of thiophene rings is 1. The van der Waals surface area contributed by atoms with Gasteiger partial charge in [0.2, 0.25) is 5.95 Å². The summed E-state index contributed by atoms with van der Waals surface area (Å²) < 4.78 is 1.68. The summed E-state index contributed by atoms with van der Waals surface area (Å²) in [6, 6.07) is 13.8. The van der Waals surface area contributed by atoms with Crippen LogP contribution < -0.4 is 5.32 Å². The monoisotopic (exact) mass is 364 g/mol. The average Bonchev–Trinajstić information content (AvgIpc) is 3.38. The van der Waals surface area contributed by atoms with E-state index in [0.29, 0.717) is 12.2 Å². The van der Waals surface area contributed by atoms with Gasteiger partial charge in [0, 0.05) is 0 Å². The van der Waals surface area contributed by atoms with Gasteiger partial charge in [0.25, 0.3) is 5.91 Å². The van der Waals surface area contributed by atoms with Crippen LogP contribution in [0.4, 0.5) is 5.95 Å². The van der Waals surface area contributed by atoms with Crippen molar-refractivity contribution in [2.24, 2.45) is 0 Å². The minimum atomic E-state index is -0.350. The number of amides is 1. The van der Waals surface area contributed by atoms with Gasteiger partial charge in [-0.25, -0.2) is 9.67 Å². The molecule has 0 bridgehead atoms. The molecule has 0 saturated heterocycles. The van der Waals surface area contributed by atoms with Crippen LogP contribution in [0.2, 0.25) is 0 Å². The van der Waals surface area contributed by atoms with Gasteiger partial charge in [-0.15, -0.1) is 16.4 Å². The molecule has 0 aliphatic carbocycles. The number of carbonyl (C=O) groups is 1. The van der Waals surface area contributed by atoms with E-state index in [2.05, 4.69) is 37.7 Å². The summed E-state index contributed by atoms with van der Waals surface area (Å²) in [5.74, 6) is -0.0973. The van der Waals surface area contributed by atoms with Crippen LogP contribution in [0.25, 0.3) is 10.6 Å². The summed E-state index contributed by atoms with van der Waals surface area (Å²) >= 11 is 1.58. The first-order chi connectivity index (χ1) is 12.7. The van der Waals surface area contributed by atoms with Crippen molar-refractivity contribution in [2.75, 3.05) is 5.32 Å². The molecule has 0 radical (unpaired) electrons. The first kappa shape index (κ1) is 16.2. The highest BCUT2D eigenvalue weighted by atomic mass is 32.1. The van der Waals surface area contributed by atoms with Gasteiger partial charge in [-0.3, -0.25) is 15.2 Å². The minimum absolute atomic E-state index is 0.253. The van der Waals surface area contributed by atoms with Crippen LogP contribution in [-0.4, -0.2) is 30.9 Å². The highest BCUT2D eigenvalue weighted by molar-refractivity contribution is 7.13. The summed E-state index contributed by atoms with van der Waals surface area (Å²) in [5, 5.41) is 15.9. The lowest BCUT2D eigenvalue weighted by Gasteiger charge is -2.01. The third-order valence-electron chi connectivity index (χ3n) is 3.82. The molecule has 0 aliphatic rings. The van der Waals surface area contributed by atoms with Crippen molar-refractivity contribution in [1.82, 2.24) is 25.0 Å². The quantitative estimate of drug-likeness (QED) is 0.568. The van der Waals surface area contributed by atoms with E-state index in [1.807, 2.05) is 36.6 Å². The molecule has 0 fully saturated rings. The maximum atomic E-state index is 12.3. The van der Waals surface area contributed by atoms with Crippen molar-refractivity contribution in [1.29, 1.82) is 0 Å². The SMILES string of the molecule is Cc1ccc(Cn2cnc(NC(=O)c3cc(-c4cccs4)[nH]n3)n2)cc1. The number of H-pyrrole nitrogens is 1. The lowest BCUT2D eigenvalue weighted by atomic mass is 10.1. The number of aromatic nitrogens is 5. The second kappa shape index (κ2) is 6.93. The van der Waals surface area contributed by atoms with Gasteiger partial charge in [-0.1, -0.05) is 35.9 Å². The Morgan fingerprint density at radius 1 is 1.27 bits per heavy atom. The molecule has 0 saturated carbocycles. The average molecular weight is 364 g/mol. The zero-order valence-electron chi connectivity index (χ0n) is 14.0. The summed E-state index contributed by atoms with van der Waals surface area (Å²) in [7, 11) is 0. The lowest BCUT2D eigenvalue weighted by molar-refractivity contribution is 0.102. The maximum absolute atomic E-state index is 12.3. The predicted molar refractivity (Wildman–Crippen MR) is 100 cm³/mol. The third-order valence-corrected chi connectivity index (χ3v) is 4.73. The number of rotatable bonds is 5. The van der Waals surface area contributed by atoms with Gasteiger partial charge < -0.3 is 0 Å². The van der Waals surface area contributed by atoms with E-state index in [9.17, 15) is 4.79 Å². The van der Waals surface area contributed by atoms with Crippen molar-refractivity contribution in [2.45, 2.75) is 13.5 Å². The first-order valence-corrected chi connectivity index (χ1v) is 8.91. The molecule has 0 unspecified atom stereocenters. The van der Waals surface area contributed by atoms with Crippen LogP contribution in [0.1, 0.15) is 21.6 Å². The van der Waals surface area contributed by atoms with E-state index in [-0.39, 0.29) is 11.9 Å². The number of anilines is 1. The summed E-state index contributed by atoms with van der Waals surface area (Å²) in [4.78, 5) is 17.5. The van der Waals surface area contributed by atoms with E-state index < -0.39 is 0 Å². The molecule has 26 heavy (non-hydrogen) atoms. The Morgan fingerprint density at radius 3 is 2.88 bits per heavy atom. The third kappa shape index (κ3) is 3.55. The molecule has 3 heterocycles. The van der Waals surface area contributed by atoms with Gasteiger partial charge in [-0.2, -0.15) is 5.10 Å². The van der Waals surface area contributed by atoms with E-state index in [1.54, 1.807) is 28.4 Å². The number of hydrogen-bond acceptors (Lipinski definition) is 5. The second-order valence-corrected chi connectivity index (χ2v) is 6.80. The molecule has 0 aliphatic heterocycles. The number of benzene rings is 1. The lowest BCUT2D eigenvalue weighted by Crippen LogP contribution is -2.14. The zero-order chi connectivity index (χ0) is 17.9.